The van der Waals surface area contributed by atoms with Crippen LogP contribution in [0.3, 0.4) is 0 Å². The molecule has 1 aromatic heterocycles. The Morgan fingerprint density at radius 3 is 2.90 bits per heavy atom. The summed E-state index contributed by atoms with van der Waals surface area (Å²) in [5.74, 6) is -0.689. The second-order valence-corrected chi connectivity index (χ2v) is 5.08. The molecule has 0 saturated carbocycles. The van der Waals surface area contributed by atoms with Gasteiger partial charge in [0.15, 0.2) is 5.69 Å². The molecule has 1 aliphatic carbocycles. The van der Waals surface area contributed by atoms with Gasteiger partial charge in [0.2, 0.25) is 11.6 Å². The van der Waals surface area contributed by atoms with E-state index in [1.54, 1.807) is 7.11 Å². The van der Waals surface area contributed by atoms with Crippen LogP contribution in [0.5, 0.6) is 0 Å². The first kappa shape index (κ1) is 14.5. The number of ether oxygens (including phenoxy) is 1. The van der Waals surface area contributed by atoms with Crippen molar-refractivity contribution < 1.29 is 19.1 Å². The van der Waals surface area contributed by atoms with Crippen molar-refractivity contribution >= 4 is 29.2 Å². The van der Waals surface area contributed by atoms with E-state index < -0.39 is 5.91 Å². The zero-order valence-electron chi connectivity index (χ0n) is 11.0. The molecule has 7 nitrogen and oxygen atoms in total. The lowest BCUT2D eigenvalue weighted by Gasteiger charge is -2.11. The highest BCUT2D eigenvalue weighted by Gasteiger charge is 2.33. The van der Waals surface area contributed by atoms with Gasteiger partial charge in [0, 0.05) is 26.0 Å². The Hall–Kier alpha value is -1.93. The minimum absolute atomic E-state index is 0.0387. The monoisotopic (exact) mass is 295 g/mol. The number of ketones is 2. The first-order valence-electron chi connectivity index (χ1n) is 5.83. The van der Waals surface area contributed by atoms with Crippen molar-refractivity contribution in [2.24, 2.45) is 0 Å². The molecule has 106 valence electrons. The molecule has 0 saturated heterocycles. The van der Waals surface area contributed by atoms with Crippen LogP contribution in [-0.2, 0) is 4.74 Å². The molecule has 0 unspecified atom stereocenters. The summed E-state index contributed by atoms with van der Waals surface area (Å²) in [6, 6.07) is 0. The Kier molecular flexibility index (Phi) is 4.35. The maximum absolute atomic E-state index is 12.3. The van der Waals surface area contributed by atoms with Crippen molar-refractivity contribution in [2.45, 2.75) is 0 Å². The molecular weight excluding hydrogens is 282 g/mol. The number of allylic oxidation sites excluding steroid dienone is 2. The molecule has 2 rings (SSSR count). The van der Waals surface area contributed by atoms with Gasteiger partial charge >= 0.3 is 0 Å². The first-order chi connectivity index (χ1) is 9.60. The number of amides is 1. The predicted octanol–water partition coefficient (Wildman–Crippen LogP) is 0.412. The molecule has 20 heavy (non-hydrogen) atoms. The van der Waals surface area contributed by atoms with Crippen LogP contribution in [0.4, 0.5) is 0 Å². The molecule has 0 aromatic carbocycles. The lowest BCUT2D eigenvalue weighted by Crippen LogP contribution is -2.23. The third-order valence-electron chi connectivity index (χ3n) is 2.71. The lowest BCUT2D eigenvalue weighted by atomic mass is 9.99. The number of nitrogens with zero attached hydrogens (tertiary/aromatic N) is 1. The highest BCUT2D eigenvalue weighted by atomic mass is 32.2. The Bertz CT molecular complexity index is 606. The number of fused-ring (bicyclic) bond motifs is 1. The summed E-state index contributed by atoms with van der Waals surface area (Å²) >= 11 is 1.22. The summed E-state index contributed by atoms with van der Waals surface area (Å²) in [5.41, 5.74) is 0.0419. The summed E-state index contributed by atoms with van der Waals surface area (Å²) in [7, 11) is 2.99. The third kappa shape index (κ3) is 2.52. The molecule has 0 fully saturated rings. The molecule has 1 aromatic rings. The Balaban J connectivity index is 2.33. The van der Waals surface area contributed by atoms with Crippen LogP contribution in [0.15, 0.2) is 11.0 Å². The molecule has 2 N–H and O–H groups in total. The van der Waals surface area contributed by atoms with Crippen molar-refractivity contribution in [3.05, 3.63) is 27.9 Å². The lowest BCUT2D eigenvalue weighted by molar-refractivity contribution is 0.0945. The number of aromatic amines is 1. The maximum Gasteiger partial charge on any atom is 0.272 e. The molecule has 0 spiro atoms. The van der Waals surface area contributed by atoms with E-state index in [-0.39, 0.29) is 28.5 Å². The van der Waals surface area contributed by atoms with E-state index in [0.29, 0.717) is 17.3 Å². The molecule has 0 bridgehead atoms. The number of hydrogen-bond donors (Lipinski definition) is 2. The fraction of sp³-hybridized carbons (Fsp3) is 0.333. The summed E-state index contributed by atoms with van der Waals surface area (Å²) in [4.78, 5) is 36.2. The Morgan fingerprint density at radius 1 is 1.50 bits per heavy atom. The van der Waals surface area contributed by atoms with Crippen LogP contribution >= 0.6 is 11.8 Å². The SMILES string of the molecule is CNC(=O)c1n[nH]c2c1C(=O)C(SCCOC)=CC2=O. The van der Waals surface area contributed by atoms with Crippen LogP contribution in [0.1, 0.15) is 31.3 Å². The number of carbonyl (C=O) groups excluding carboxylic acids is 3. The smallest absolute Gasteiger partial charge is 0.272 e. The van der Waals surface area contributed by atoms with Crippen LogP contribution < -0.4 is 5.32 Å². The van der Waals surface area contributed by atoms with Crippen molar-refractivity contribution in [3.8, 4) is 0 Å². The fourth-order valence-electron chi connectivity index (χ4n) is 1.75. The first-order valence-corrected chi connectivity index (χ1v) is 6.81. The van der Waals surface area contributed by atoms with Gasteiger partial charge in [-0.15, -0.1) is 11.8 Å². The summed E-state index contributed by atoms with van der Waals surface area (Å²) in [6.07, 6.45) is 1.26. The van der Waals surface area contributed by atoms with E-state index >= 15 is 0 Å². The Labute approximate surface area is 119 Å². The van der Waals surface area contributed by atoms with Gasteiger partial charge in [-0.25, -0.2) is 0 Å². The average Bonchev–Trinajstić information content (AvgIpc) is 2.89. The summed E-state index contributed by atoms with van der Waals surface area (Å²) in [5, 5.41) is 8.59. The molecule has 1 amide bonds. The molecule has 1 aliphatic rings. The normalized spacial score (nSPS) is 14.0. The van der Waals surface area contributed by atoms with E-state index in [9.17, 15) is 14.4 Å². The molecular formula is C12H13N3O4S. The number of thioether (sulfide) groups is 1. The number of carbonyl (C=O) groups is 3. The highest BCUT2D eigenvalue weighted by Crippen LogP contribution is 2.29. The average molecular weight is 295 g/mol. The Morgan fingerprint density at radius 2 is 2.25 bits per heavy atom. The highest BCUT2D eigenvalue weighted by molar-refractivity contribution is 8.04. The van der Waals surface area contributed by atoms with Gasteiger partial charge in [0.05, 0.1) is 17.1 Å². The largest absolute Gasteiger partial charge is 0.384 e. The number of nitrogens with one attached hydrogen (secondary N) is 2. The standard InChI is InChI=1S/C12H13N3O4S/c1-13-12(18)10-8-9(14-15-10)6(16)5-7(11(8)17)20-4-3-19-2/h5H,3-4H2,1-2H3,(H,13,18)(H,14,15). The van der Waals surface area contributed by atoms with Gasteiger partial charge in [-0.1, -0.05) is 0 Å². The van der Waals surface area contributed by atoms with Crippen LogP contribution in [-0.4, -0.2) is 54.2 Å². The van der Waals surface area contributed by atoms with E-state index in [2.05, 4.69) is 15.5 Å². The number of hydrogen-bond acceptors (Lipinski definition) is 6. The molecule has 0 atom stereocenters. The zero-order valence-corrected chi connectivity index (χ0v) is 11.8. The second kappa shape index (κ2) is 6.02. The van der Waals surface area contributed by atoms with Gasteiger partial charge in [-0.2, -0.15) is 5.10 Å². The number of Topliss-reactive ketones (excluding diaryl/α,β-unsaturated/α-hetero) is 1. The van der Waals surface area contributed by atoms with E-state index in [4.69, 9.17) is 4.74 Å². The van der Waals surface area contributed by atoms with Crippen molar-refractivity contribution in [1.29, 1.82) is 0 Å². The van der Waals surface area contributed by atoms with Crippen LogP contribution in [0, 0.1) is 0 Å². The maximum atomic E-state index is 12.3. The third-order valence-corrected chi connectivity index (χ3v) is 3.70. The number of aromatic nitrogens is 2. The number of rotatable bonds is 5. The number of methoxy groups -OCH3 is 1. The van der Waals surface area contributed by atoms with E-state index in [1.165, 1.54) is 24.9 Å². The van der Waals surface area contributed by atoms with E-state index in [0.717, 1.165) is 0 Å². The minimum Gasteiger partial charge on any atom is -0.384 e. The minimum atomic E-state index is -0.508. The molecule has 1 heterocycles. The molecule has 8 heteroatoms. The quantitative estimate of drug-likeness (QED) is 0.763. The van der Waals surface area contributed by atoms with Crippen molar-refractivity contribution in [3.63, 3.8) is 0 Å². The van der Waals surface area contributed by atoms with Gasteiger partial charge in [-0.3, -0.25) is 19.5 Å². The molecule has 0 aliphatic heterocycles. The zero-order chi connectivity index (χ0) is 14.7. The second-order valence-electron chi connectivity index (χ2n) is 3.94. The topological polar surface area (TPSA) is 101 Å². The van der Waals surface area contributed by atoms with Crippen molar-refractivity contribution in [2.75, 3.05) is 26.5 Å². The van der Waals surface area contributed by atoms with Gasteiger partial charge in [-0.05, 0) is 0 Å². The predicted molar refractivity (Wildman–Crippen MR) is 73.1 cm³/mol. The van der Waals surface area contributed by atoms with Crippen LogP contribution in [0.25, 0.3) is 0 Å². The fourth-order valence-corrected chi connectivity index (χ4v) is 2.64. The molecule has 0 radical (unpaired) electrons. The number of H-pyrrole nitrogens is 1. The van der Waals surface area contributed by atoms with Gasteiger partial charge in [0.25, 0.3) is 5.91 Å². The van der Waals surface area contributed by atoms with Crippen LogP contribution in [0.2, 0.25) is 0 Å². The van der Waals surface area contributed by atoms with Gasteiger partial charge in [0.1, 0.15) is 5.69 Å². The van der Waals surface area contributed by atoms with E-state index in [1.807, 2.05) is 0 Å². The van der Waals surface area contributed by atoms with Gasteiger partial charge < -0.3 is 10.1 Å². The summed E-state index contributed by atoms with van der Waals surface area (Å²) in [6.45, 7) is 0.462. The van der Waals surface area contributed by atoms with Crippen molar-refractivity contribution in [1.82, 2.24) is 15.5 Å². The summed E-state index contributed by atoms with van der Waals surface area (Å²) < 4.78 is 4.90.